The van der Waals surface area contributed by atoms with E-state index in [1.54, 1.807) is 6.92 Å². The van der Waals surface area contributed by atoms with Gasteiger partial charge in [0.05, 0.1) is 0 Å². The number of hydrogen-bond donors (Lipinski definition) is 1. The van der Waals surface area contributed by atoms with E-state index in [0.717, 1.165) is 16.9 Å². The summed E-state index contributed by atoms with van der Waals surface area (Å²) in [6, 6.07) is 15.2. The SMILES string of the molecule is Cc1ccc(Oc2ccc(CNc3nc(C)nc(C(F)F)c3Cl)cc2)cc1. The second kappa shape index (κ2) is 8.31. The van der Waals surface area contributed by atoms with Crippen LogP contribution in [-0.2, 0) is 6.54 Å². The maximum atomic E-state index is 13.0. The fourth-order valence-corrected chi connectivity index (χ4v) is 2.68. The van der Waals surface area contributed by atoms with Gasteiger partial charge >= 0.3 is 0 Å². The van der Waals surface area contributed by atoms with Gasteiger partial charge in [0.1, 0.15) is 33.9 Å². The van der Waals surface area contributed by atoms with Crippen LogP contribution in [0.4, 0.5) is 14.6 Å². The number of hydrogen-bond acceptors (Lipinski definition) is 4. The topological polar surface area (TPSA) is 47.0 Å². The van der Waals surface area contributed by atoms with Crippen LogP contribution in [0.1, 0.15) is 29.1 Å². The van der Waals surface area contributed by atoms with E-state index in [1.807, 2.05) is 55.5 Å². The van der Waals surface area contributed by atoms with Gasteiger partial charge < -0.3 is 10.1 Å². The van der Waals surface area contributed by atoms with Gasteiger partial charge in [-0.15, -0.1) is 0 Å². The third-order valence-electron chi connectivity index (χ3n) is 3.84. The van der Waals surface area contributed by atoms with Crippen LogP contribution in [0.3, 0.4) is 0 Å². The molecular weight excluding hydrogens is 372 g/mol. The smallest absolute Gasteiger partial charge is 0.282 e. The van der Waals surface area contributed by atoms with Crippen LogP contribution in [0.2, 0.25) is 5.02 Å². The molecule has 0 aliphatic carbocycles. The summed E-state index contributed by atoms with van der Waals surface area (Å²) in [7, 11) is 0. The summed E-state index contributed by atoms with van der Waals surface area (Å²) in [5, 5.41) is 2.83. The van der Waals surface area contributed by atoms with E-state index in [0.29, 0.717) is 12.3 Å². The van der Waals surface area contributed by atoms with E-state index in [9.17, 15) is 8.78 Å². The molecule has 0 aliphatic heterocycles. The standard InChI is InChI=1S/C20H18ClF2N3O/c1-12-3-7-15(8-4-12)27-16-9-5-14(6-10-16)11-24-20-17(21)18(19(22)23)25-13(2)26-20/h3-10,19H,11H2,1-2H3,(H,24,25,26). The summed E-state index contributed by atoms with van der Waals surface area (Å²) in [5.41, 5.74) is 1.63. The Morgan fingerprint density at radius 1 is 0.963 bits per heavy atom. The van der Waals surface area contributed by atoms with Crippen LogP contribution in [0.15, 0.2) is 48.5 Å². The minimum atomic E-state index is -2.75. The predicted octanol–water partition coefficient (Wildman–Crippen LogP) is 6.09. The molecule has 27 heavy (non-hydrogen) atoms. The molecule has 0 saturated heterocycles. The first kappa shape index (κ1) is 19.0. The van der Waals surface area contributed by atoms with Crippen molar-refractivity contribution in [3.63, 3.8) is 0 Å². The van der Waals surface area contributed by atoms with E-state index in [-0.39, 0.29) is 16.7 Å². The first-order valence-electron chi connectivity index (χ1n) is 8.32. The number of alkyl halides is 2. The monoisotopic (exact) mass is 389 g/mol. The molecule has 0 spiro atoms. The summed E-state index contributed by atoms with van der Waals surface area (Å²) in [6.07, 6.45) is -2.75. The van der Waals surface area contributed by atoms with Gasteiger partial charge in [-0.05, 0) is 43.7 Å². The highest BCUT2D eigenvalue weighted by molar-refractivity contribution is 6.33. The summed E-state index contributed by atoms with van der Waals surface area (Å²) in [5.74, 6) is 1.89. The summed E-state index contributed by atoms with van der Waals surface area (Å²) < 4.78 is 31.7. The van der Waals surface area contributed by atoms with Gasteiger partial charge in [0.2, 0.25) is 0 Å². The molecule has 0 atom stereocenters. The molecule has 0 aliphatic rings. The normalized spacial score (nSPS) is 10.9. The number of nitrogens with zero attached hydrogens (tertiary/aromatic N) is 2. The van der Waals surface area contributed by atoms with Crippen molar-refractivity contribution in [2.75, 3.05) is 5.32 Å². The molecule has 0 bridgehead atoms. The third-order valence-corrected chi connectivity index (χ3v) is 4.21. The van der Waals surface area contributed by atoms with Crippen molar-refractivity contribution >= 4 is 17.4 Å². The number of halogens is 3. The maximum absolute atomic E-state index is 13.0. The van der Waals surface area contributed by atoms with Crippen LogP contribution >= 0.6 is 11.6 Å². The van der Waals surface area contributed by atoms with Crippen molar-refractivity contribution in [1.82, 2.24) is 9.97 Å². The number of ether oxygens (including phenoxy) is 1. The Labute approximate surface area is 161 Å². The van der Waals surface area contributed by atoms with Crippen molar-refractivity contribution in [2.24, 2.45) is 0 Å². The summed E-state index contributed by atoms with van der Waals surface area (Å²) in [6.45, 7) is 3.94. The Bertz CT molecular complexity index is 916. The zero-order valence-corrected chi connectivity index (χ0v) is 15.6. The molecule has 0 saturated carbocycles. The summed E-state index contributed by atoms with van der Waals surface area (Å²) in [4.78, 5) is 7.79. The number of rotatable bonds is 6. The molecule has 1 heterocycles. The lowest BCUT2D eigenvalue weighted by atomic mass is 10.2. The molecule has 0 fully saturated rings. The average molecular weight is 390 g/mol. The van der Waals surface area contributed by atoms with Crippen LogP contribution in [0.5, 0.6) is 11.5 Å². The fourth-order valence-electron chi connectivity index (χ4n) is 2.45. The lowest BCUT2D eigenvalue weighted by Crippen LogP contribution is -2.07. The van der Waals surface area contributed by atoms with E-state index in [4.69, 9.17) is 16.3 Å². The Hall–Kier alpha value is -2.73. The fraction of sp³-hybridized carbons (Fsp3) is 0.200. The predicted molar refractivity (Wildman–Crippen MR) is 102 cm³/mol. The lowest BCUT2D eigenvalue weighted by molar-refractivity contribution is 0.146. The molecule has 1 aromatic heterocycles. The summed E-state index contributed by atoms with van der Waals surface area (Å²) >= 11 is 5.98. The number of aromatic nitrogens is 2. The molecule has 140 valence electrons. The van der Waals surface area contributed by atoms with Crippen LogP contribution < -0.4 is 10.1 Å². The van der Waals surface area contributed by atoms with Crippen LogP contribution in [0, 0.1) is 13.8 Å². The Morgan fingerprint density at radius 2 is 1.56 bits per heavy atom. The van der Waals surface area contributed by atoms with E-state index >= 15 is 0 Å². The highest BCUT2D eigenvalue weighted by Crippen LogP contribution is 2.30. The van der Waals surface area contributed by atoms with Gasteiger partial charge in [0, 0.05) is 6.54 Å². The molecule has 7 heteroatoms. The number of nitrogens with one attached hydrogen (secondary N) is 1. The second-order valence-electron chi connectivity index (χ2n) is 6.03. The Balaban J connectivity index is 1.66. The molecule has 1 N–H and O–H groups in total. The molecule has 0 radical (unpaired) electrons. The largest absolute Gasteiger partial charge is 0.457 e. The first-order valence-corrected chi connectivity index (χ1v) is 8.69. The average Bonchev–Trinajstić information content (AvgIpc) is 2.65. The molecule has 0 amide bonds. The second-order valence-corrected chi connectivity index (χ2v) is 6.41. The Kier molecular flexibility index (Phi) is 5.86. The van der Waals surface area contributed by atoms with Gasteiger partial charge in [-0.1, -0.05) is 41.4 Å². The van der Waals surface area contributed by atoms with E-state index < -0.39 is 12.1 Å². The van der Waals surface area contributed by atoms with Gasteiger partial charge in [-0.2, -0.15) is 0 Å². The van der Waals surface area contributed by atoms with Crippen molar-refractivity contribution in [3.05, 3.63) is 76.2 Å². The molecule has 3 aromatic rings. The van der Waals surface area contributed by atoms with Crippen molar-refractivity contribution in [3.8, 4) is 11.5 Å². The maximum Gasteiger partial charge on any atom is 0.282 e. The highest BCUT2D eigenvalue weighted by atomic mass is 35.5. The quantitative estimate of drug-likeness (QED) is 0.554. The zero-order valence-electron chi connectivity index (χ0n) is 14.8. The van der Waals surface area contributed by atoms with Gasteiger partial charge in [0.15, 0.2) is 0 Å². The minimum absolute atomic E-state index is 0.157. The van der Waals surface area contributed by atoms with Crippen LogP contribution in [-0.4, -0.2) is 9.97 Å². The highest BCUT2D eigenvalue weighted by Gasteiger charge is 2.18. The third kappa shape index (κ3) is 4.92. The molecule has 4 nitrogen and oxygen atoms in total. The van der Waals surface area contributed by atoms with Gasteiger partial charge in [-0.25, -0.2) is 18.7 Å². The van der Waals surface area contributed by atoms with Crippen molar-refractivity contribution in [1.29, 1.82) is 0 Å². The lowest BCUT2D eigenvalue weighted by Gasteiger charge is -2.12. The van der Waals surface area contributed by atoms with Crippen LogP contribution in [0.25, 0.3) is 0 Å². The molecule has 2 aromatic carbocycles. The van der Waals surface area contributed by atoms with Crippen molar-refractivity contribution in [2.45, 2.75) is 26.8 Å². The Morgan fingerprint density at radius 3 is 2.15 bits per heavy atom. The van der Waals surface area contributed by atoms with Gasteiger partial charge in [0.25, 0.3) is 6.43 Å². The van der Waals surface area contributed by atoms with E-state index in [2.05, 4.69) is 15.3 Å². The number of benzene rings is 2. The van der Waals surface area contributed by atoms with Crippen molar-refractivity contribution < 1.29 is 13.5 Å². The van der Waals surface area contributed by atoms with Gasteiger partial charge in [-0.3, -0.25) is 0 Å². The molecule has 3 rings (SSSR count). The number of aryl methyl sites for hydroxylation is 2. The molecular formula is C20H18ClF2N3O. The van der Waals surface area contributed by atoms with E-state index in [1.165, 1.54) is 0 Å². The zero-order chi connectivity index (χ0) is 19.4. The number of anilines is 1. The first-order chi connectivity index (χ1) is 12.9. The molecule has 0 unspecified atom stereocenters. The minimum Gasteiger partial charge on any atom is -0.457 e.